The summed E-state index contributed by atoms with van der Waals surface area (Å²) in [6.45, 7) is 4.89. The largest absolute Gasteiger partial charge is 0.322 e. The number of carbonyl (C=O) groups excluding carboxylic acids is 1. The minimum Gasteiger partial charge on any atom is -0.317 e. The van der Waals surface area contributed by atoms with Gasteiger partial charge < -0.3 is 10.2 Å². The maximum absolute atomic E-state index is 13.0. The number of halogens is 1. The lowest BCUT2D eigenvalue weighted by molar-refractivity contribution is 0.190. The lowest BCUT2D eigenvalue weighted by Gasteiger charge is -2.30. The van der Waals surface area contributed by atoms with Gasteiger partial charge in [-0.3, -0.25) is 0 Å². The molecule has 1 N–H and O–H groups in total. The number of rotatable bonds is 2. The van der Waals surface area contributed by atoms with Crippen molar-refractivity contribution >= 4 is 34.7 Å². The van der Waals surface area contributed by atoms with Crippen LogP contribution in [0.3, 0.4) is 0 Å². The van der Waals surface area contributed by atoms with Crippen molar-refractivity contribution in [2.75, 3.05) is 11.9 Å². The van der Waals surface area contributed by atoms with E-state index in [0.29, 0.717) is 5.02 Å². The molecule has 1 aliphatic heterocycles. The van der Waals surface area contributed by atoms with E-state index < -0.39 is 0 Å². The lowest BCUT2D eigenvalue weighted by Crippen LogP contribution is -2.37. The summed E-state index contributed by atoms with van der Waals surface area (Å²) in [5, 5.41) is 3.70. The number of aryl methyl sites for hydroxylation is 2. The Morgan fingerprint density at radius 2 is 2.04 bits per heavy atom. The Morgan fingerprint density at radius 3 is 2.79 bits per heavy atom. The molecule has 24 heavy (non-hydrogen) atoms. The molecule has 2 amide bonds. The molecule has 1 saturated heterocycles. The number of nitrogens with zero attached hydrogens (tertiary/aromatic N) is 1. The van der Waals surface area contributed by atoms with E-state index in [1.54, 1.807) is 11.3 Å². The Morgan fingerprint density at radius 1 is 1.21 bits per heavy atom. The molecule has 1 aliphatic rings. The number of anilines is 1. The molecule has 128 valence electrons. The van der Waals surface area contributed by atoms with Gasteiger partial charge in [-0.1, -0.05) is 30.5 Å². The SMILES string of the molecule is Cc1ccc(C2CCCCCN2C(=O)Nc2cc(Cl)ccc2C)s1. The smallest absolute Gasteiger partial charge is 0.317 e. The minimum atomic E-state index is -0.0293. The summed E-state index contributed by atoms with van der Waals surface area (Å²) in [6, 6.07) is 10.0. The van der Waals surface area contributed by atoms with Gasteiger partial charge in [-0.25, -0.2) is 4.79 Å². The zero-order valence-electron chi connectivity index (χ0n) is 14.1. The molecule has 2 heterocycles. The van der Waals surface area contributed by atoms with E-state index in [1.807, 2.05) is 30.0 Å². The number of benzene rings is 1. The predicted octanol–water partition coefficient (Wildman–Crippen LogP) is 6.17. The number of nitrogens with one attached hydrogen (secondary N) is 1. The highest BCUT2D eigenvalue weighted by Crippen LogP contribution is 2.34. The molecule has 1 aromatic carbocycles. The Bertz CT molecular complexity index is 728. The van der Waals surface area contributed by atoms with Crippen LogP contribution in [-0.2, 0) is 0 Å². The molecule has 1 aromatic heterocycles. The average molecular weight is 363 g/mol. The van der Waals surface area contributed by atoms with Crippen LogP contribution in [0.5, 0.6) is 0 Å². The van der Waals surface area contributed by atoms with Crippen molar-refractivity contribution in [1.29, 1.82) is 0 Å². The Kier molecular flexibility index (Phi) is 5.47. The van der Waals surface area contributed by atoms with Crippen molar-refractivity contribution in [1.82, 2.24) is 4.90 Å². The second-order valence-corrected chi connectivity index (χ2v) is 8.15. The summed E-state index contributed by atoms with van der Waals surface area (Å²) in [7, 11) is 0. The topological polar surface area (TPSA) is 32.3 Å². The van der Waals surface area contributed by atoms with Crippen LogP contribution in [0.4, 0.5) is 10.5 Å². The molecule has 2 aromatic rings. The molecule has 0 radical (unpaired) electrons. The van der Waals surface area contributed by atoms with Crippen molar-refractivity contribution in [3.63, 3.8) is 0 Å². The summed E-state index contributed by atoms with van der Waals surface area (Å²) in [6.07, 6.45) is 4.44. The van der Waals surface area contributed by atoms with E-state index in [-0.39, 0.29) is 12.1 Å². The fraction of sp³-hybridized carbons (Fsp3) is 0.421. The third kappa shape index (κ3) is 3.93. The van der Waals surface area contributed by atoms with Crippen LogP contribution in [0, 0.1) is 13.8 Å². The van der Waals surface area contributed by atoms with Crippen LogP contribution >= 0.6 is 22.9 Å². The second-order valence-electron chi connectivity index (χ2n) is 6.40. The number of likely N-dealkylation sites (tertiary alicyclic amines) is 1. The zero-order chi connectivity index (χ0) is 17.1. The Hall–Kier alpha value is -1.52. The van der Waals surface area contributed by atoms with Crippen molar-refractivity contribution in [3.05, 3.63) is 50.7 Å². The highest BCUT2D eigenvalue weighted by molar-refractivity contribution is 7.12. The van der Waals surface area contributed by atoms with Crippen LogP contribution in [0.2, 0.25) is 5.02 Å². The van der Waals surface area contributed by atoms with Gasteiger partial charge in [0.2, 0.25) is 0 Å². The highest BCUT2D eigenvalue weighted by atomic mass is 35.5. The summed E-state index contributed by atoms with van der Waals surface area (Å²) in [5.74, 6) is 0. The molecule has 1 fully saturated rings. The Balaban J connectivity index is 1.83. The van der Waals surface area contributed by atoms with E-state index in [4.69, 9.17) is 11.6 Å². The van der Waals surface area contributed by atoms with E-state index >= 15 is 0 Å². The Labute approximate surface area is 152 Å². The summed E-state index contributed by atoms with van der Waals surface area (Å²) < 4.78 is 0. The standard InChI is InChI=1S/C19H23ClN2OS/c1-13-7-9-15(20)12-16(13)21-19(23)22-11-5-3-4-6-17(22)18-10-8-14(2)24-18/h7-10,12,17H,3-6,11H2,1-2H3,(H,21,23). The fourth-order valence-electron chi connectivity index (χ4n) is 3.20. The van der Waals surface area contributed by atoms with Crippen molar-refractivity contribution in [2.45, 2.75) is 45.6 Å². The quantitative estimate of drug-likeness (QED) is 0.680. The van der Waals surface area contributed by atoms with Gasteiger partial charge in [0.15, 0.2) is 0 Å². The van der Waals surface area contributed by atoms with Gasteiger partial charge in [-0.15, -0.1) is 11.3 Å². The number of hydrogen-bond acceptors (Lipinski definition) is 2. The van der Waals surface area contributed by atoms with Crippen LogP contribution in [0.25, 0.3) is 0 Å². The second kappa shape index (κ2) is 7.58. The number of hydrogen-bond donors (Lipinski definition) is 1. The highest BCUT2D eigenvalue weighted by Gasteiger charge is 2.28. The first-order valence-electron chi connectivity index (χ1n) is 8.45. The normalized spacial score (nSPS) is 18.3. The third-order valence-corrected chi connectivity index (χ3v) is 5.88. The van der Waals surface area contributed by atoms with Gasteiger partial charge in [0.1, 0.15) is 0 Å². The first-order valence-corrected chi connectivity index (χ1v) is 9.64. The first-order chi connectivity index (χ1) is 11.5. The average Bonchev–Trinajstić information content (AvgIpc) is 2.83. The van der Waals surface area contributed by atoms with Crippen LogP contribution < -0.4 is 5.32 Å². The first kappa shape index (κ1) is 17.3. The summed E-state index contributed by atoms with van der Waals surface area (Å²) >= 11 is 7.87. The van der Waals surface area contributed by atoms with Gasteiger partial charge in [-0.05, 0) is 56.5 Å². The van der Waals surface area contributed by atoms with E-state index in [2.05, 4.69) is 24.4 Å². The fourth-order valence-corrected chi connectivity index (χ4v) is 4.39. The molecule has 3 nitrogen and oxygen atoms in total. The van der Waals surface area contributed by atoms with E-state index in [9.17, 15) is 4.79 Å². The number of urea groups is 1. The molecule has 0 bridgehead atoms. The molecular weight excluding hydrogens is 340 g/mol. The molecule has 0 aliphatic carbocycles. The number of thiophene rings is 1. The van der Waals surface area contributed by atoms with Crippen molar-refractivity contribution in [3.8, 4) is 0 Å². The molecule has 5 heteroatoms. The van der Waals surface area contributed by atoms with E-state index in [0.717, 1.165) is 30.6 Å². The maximum Gasteiger partial charge on any atom is 0.322 e. The molecule has 0 saturated carbocycles. The van der Waals surface area contributed by atoms with Gasteiger partial charge in [0.25, 0.3) is 0 Å². The van der Waals surface area contributed by atoms with Crippen molar-refractivity contribution < 1.29 is 4.79 Å². The summed E-state index contributed by atoms with van der Waals surface area (Å²) in [4.78, 5) is 17.5. The van der Waals surface area contributed by atoms with Gasteiger partial charge in [0, 0.05) is 27.0 Å². The molecule has 0 spiro atoms. The lowest BCUT2D eigenvalue weighted by atomic mass is 10.1. The van der Waals surface area contributed by atoms with Crippen LogP contribution in [-0.4, -0.2) is 17.5 Å². The van der Waals surface area contributed by atoms with Gasteiger partial charge in [-0.2, -0.15) is 0 Å². The molecule has 1 atom stereocenters. The molecular formula is C19H23ClN2OS. The monoisotopic (exact) mass is 362 g/mol. The predicted molar refractivity (Wildman–Crippen MR) is 102 cm³/mol. The molecule has 1 unspecified atom stereocenters. The van der Waals surface area contributed by atoms with Crippen molar-refractivity contribution in [2.24, 2.45) is 0 Å². The minimum absolute atomic E-state index is 0.0293. The third-order valence-electron chi connectivity index (χ3n) is 4.54. The van der Waals surface area contributed by atoms with Gasteiger partial charge >= 0.3 is 6.03 Å². The number of carbonyl (C=O) groups is 1. The molecule has 3 rings (SSSR count). The van der Waals surface area contributed by atoms with E-state index in [1.165, 1.54) is 22.6 Å². The van der Waals surface area contributed by atoms with Gasteiger partial charge in [0.05, 0.1) is 6.04 Å². The maximum atomic E-state index is 13.0. The van der Waals surface area contributed by atoms with Crippen LogP contribution in [0.15, 0.2) is 30.3 Å². The zero-order valence-corrected chi connectivity index (χ0v) is 15.7. The number of amides is 2. The summed E-state index contributed by atoms with van der Waals surface area (Å²) in [5.41, 5.74) is 1.81. The van der Waals surface area contributed by atoms with Crippen LogP contribution in [0.1, 0.15) is 47.0 Å².